The van der Waals surface area contributed by atoms with Crippen molar-refractivity contribution in [1.29, 1.82) is 0 Å². The Morgan fingerprint density at radius 3 is 0.926 bits per heavy atom. The molecule has 3 unspecified atom stereocenters. The molecule has 15 heteroatoms. The predicted octanol–water partition coefficient (Wildman–Crippen LogP) is -3.14. The maximum absolute atomic E-state index is 12.5. The molecule has 0 aliphatic heterocycles. The summed E-state index contributed by atoms with van der Waals surface area (Å²) in [6.45, 7) is 0. The van der Waals surface area contributed by atoms with Crippen molar-refractivity contribution in [3.63, 3.8) is 0 Å². The van der Waals surface area contributed by atoms with Crippen LogP contribution < -0.4 is 17.1 Å². The van der Waals surface area contributed by atoms with E-state index in [1.807, 2.05) is 0 Å². The van der Waals surface area contributed by atoms with Crippen molar-refractivity contribution in [3.05, 3.63) is 31.5 Å². The summed E-state index contributed by atoms with van der Waals surface area (Å²) in [6, 6.07) is 0. The van der Waals surface area contributed by atoms with E-state index in [1.54, 1.807) is 0 Å². The molecule has 150 valence electrons. The maximum Gasteiger partial charge on any atom is 0.354 e. The molecule has 1 rings (SSSR count). The average molecular weight is 393 g/mol. The summed E-state index contributed by atoms with van der Waals surface area (Å²) in [5.74, 6) is -5.58. The molecule has 0 aromatic carbocycles. The van der Waals surface area contributed by atoms with Gasteiger partial charge in [-0.1, -0.05) is 0 Å². The highest BCUT2D eigenvalue weighted by molar-refractivity contribution is 5.71. The largest absolute Gasteiger partial charge is 0.478 e. The fourth-order valence-corrected chi connectivity index (χ4v) is 2.15. The van der Waals surface area contributed by atoms with Crippen LogP contribution in [0.1, 0.15) is 18.7 Å². The molecular formula is C12H15N3O12. The fourth-order valence-electron chi connectivity index (χ4n) is 2.15. The van der Waals surface area contributed by atoms with E-state index in [4.69, 9.17) is 15.3 Å². The van der Waals surface area contributed by atoms with Crippen molar-refractivity contribution >= 4 is 17.9 Å². The first-order valence-electron chi connectivity index (χ1n) is 6.81. The second-order valence-corrected chi connectivity index (χ2v) is 4.74. The SMILES string of the molecule is COC(C(=O)O)n1c(=O)n(C(OC)C(=O)O)c(=O)n(C(OC)C(=O)O)c1=O. The van der Waals surface area contributed by atoms with Gasteiger partial charge in [0.05, 0.1) is 0 Å². The van der Waals surface area contributed by atoms with E-state index in [2.05, 4.69) is 14.2 Å². The minimum atomic E-state index is -2.30. The van der Waals surface area contributed by atoms with E-state index in [1.165, 1.54) is 0 Å². The first-order valence-corrected chi connectivity index (χ1v) is 6.81. The van der Waals surface area contributed by atoms with Gasteiger partial charge in [-0.2, -0.15) is 0 Å². The van der Waals surface area contributed by atoms with Gasteiger partial charge in [0, 0.05) is 21.3 Å². The first-order chi connectivity index (χ1) is 12.5. The van der Waals surface area contributed by atoms with Gasteiger partial charge in [-0.3, -0.25) is 0 Å². The number of aliphatic carboxylic acids is 3. The van der Waals surface area contributed by atoms with E-state index < -0.39 is 53.7 Å². The van der Waals surface area contributed by atoms with Crippen LogP contribution in [0, 0.1) is 0 Å². The Kier molecular flexibility index (Phi) is 6.75. The van der Waals surface area contributed by atoms with Gasteiger partial charge in [0.2, 0.25) is 18.7 Å². The molecule has 0 bridgehead atoms. The number of rotatable bonds is 9. The highest BCUT2D eigenvalue weighted by Crippen LogP contribution is 2.07. The minimum Gasteiger partial charge on any atom is -0.478 e. The summed E-state index contributed by atoms with van der Waals surface area (Å²) in [7, 11) is 2.42. The van der Waals surface area contributed by atoms with E-state index in [0.29, 0.717) is 0 Å². The Balaban J connectivity index is 4.19. The Bertz CT molecular complexity index is 776. The zero-order chi connectivity index (χ0) is 21.0. The van der Waals surface area contributed by atoms with Crippen LogP contribution in [0.4, 0.5) is 0 Å². The Labute approximate surface area is 148 Å². The minimum absolute atomic E-state index is 0.159. The molecule has 1 heterocycles. The van der Waals surface area contributed by atoms with Gasteiger partial charge in [0.15, 0.2) is 0 Å². The number of hydrogen-bond acceptors (Lipinski definition) is 9. The maximum atomic E-state index is 12.5. The van der Waals surface area contributed by atoms with Gasteiger partial charge in [-0.25, -0.2) is 42.5 Å². The van der Waals surface area contributed by atoms with Crippen LogP contribution in [0.3, 0.4) is 0 Å². The number of aromatic nitrogens is 3. The summed E-state index contributed by atoms with van der Waals surface area (Å²) in [5, 5.41) is 27.4. The van der Waals surface area contributed by atoms with Crippen molar-refractivity contribution in [1.82, 2.24) is 13.7 Å². The third kappa shape index (κ3) is 3.78. The average Bonchev–Trinajstić information content (AvgIpc) is 2.57. The molecule has 0 aliphatic rings. The number of carboxylic acid groups (broad SMARTS) is 3. The van der Waals surface area contributed by atoms with Crippen molar-refractivity contribution in [2.24, 2.45) is 0 Å². The summed E-state index contributed by atoms with van der Waals surface area (Å²) in [5.41, 5.74) is -5.15. The predicted molar refractivity (Wildman–Crippen MR) is 80.3 cm³/mol. The zero-order valence-corrected chi connectivity index (χ0v) is 14.1. The monoisotopic (exact) mass is 393 g/mol. The van der Waals surface area contributed by atoms with Crippen LogP contribution in [0.25, 0.3) is 0 Å². The molecule has 27 heavy (non-hydrogen) atoms. The standard InChI is InChI=1S/C12H15N3O12/c1-25-4(7(16)17)13-10(22)14(5(26-2)8(18)19)12(24)15(11(13)23)6(27-3)9(20)21/h4-6H,1-3H3,(H,16,17)(H,18,19)(H,20,21). The number of methoxy groups -OCH3 is 3. The van der Waals surface area contributed by atoms with E-state index in [9.17, 15) is 28.8 Å². The summed E-state index contributed by atoms with van der Waals surface area (Å²) >= 11 is 0. The van der Waals surface area contributed by atoms with Crippen molar-refractivity contribution in [3.8, 4) is 0 Å². The number of carbonyl (C=O) groups is 3. The topological polar surface area (TPSA) is 206 Å². The molecule has 0 radical (unpaired) electrons. The van der Waals surface area contributed by atoms with E-state index in [0.717, 1.165) is 21.3 Å². The zero-order valence-electron chi connectivity index (χ0n) is 14.1. The highest BCUT2D eigenvalue weighted by Gasteiger charge is 2.35. The molecule has 1 aromatic rings. The van der Waals surface area contributed by atoms with Gasteiger partial charge in [-0.15, -0.1) is 0 Å². The third-order valence-corrected chi connectivity index (χ3v) is 3.24. The Morgan fingerprint density at radius 2 is 0.815 bits per heavy atom. The summed E-state index contributed by atoms with van der Waals surface area (Å²) in [6.07, 6.45) is -6.91. The molecule has 3 N–H and O–H groups in total. The van der Waals surface area contributed by atoms with Crippen LogP contribution in [0.5, 0.6) is 0 Å². The molecule has 3 atom stereocenters. The van der Waals surface area contributed by atoms with Crippen molar-refractivity contribution in [2.75, 3.05) is 21.3 Å². The summed E-state index contributed by atoms with van der Waals surface area (Å²) in [4.78, 5) is 71.3. The van der Waals surface area contributed by atoms with Crippen LogP contribution in [-0.4, -0.2) is 68.3 Å². The Morgan fingerprint density at radius 1 is 0.630 bits per heavy atom. The molecular weight excluding hydrogens is 378 g/mol. The fraction of sp³-hybridized carbons (Fsp3) is 0.500. The third-order valence-electron chi connectivity index (χ3n) is 3.24. The lowest BCUT2D eigenvalue weighted by atomic mass is 10.5. The smallest absolute Gasteiger partial charge is 0.354 e. The number of carboxylic acids is 3. The van der Waals surface area contributed by atoms with E-state index in [-0.39, 0.29) is 13.7 Å². The molecule has 0 saturated carbocycles. The lowest BCUT2D eigenvalue weighted by molar-refractivity contribution is -0.158. The van der Waals surface area contributed by atoms with Gasteiger partial charge in [0.1, 0.15) is 0 Å². The highest BCUT2D eigenvalue weighted by atomic mass is 16.5. The van der Waals surface area contributed by atoms with E-state index >= 15 is 0 Å². The second-order valence-electron chi connectivity index (χ2n) is 4.74. The van der Waals surface area contributed by atoms with Gasteiger partial charge in [0.25, 0.3) is 0 Å². The normalized spacial score (nSPS) is 14.3. The first kappa shape index (κ1) is 21.7. The summed E-state index contributed by atoms with van der Waals surface area (Å²) < 4.78 is 13.1. The van der Waals surface area contributed by atoms with Gasteiger partial charge < -0.3 is 29.5 Å². The lowest BCUT2D eigenvalue weighted by Crippen LogP contribution is -2.60. The van der Waals surface area contributed by atoms with Crippen LogP contribution in [0.2, 0.25) is 0 Å². The molecule has 15 nitrogen and oxygen atoms in total. The number of nitrogens with zero attached hydrogens (tertiary/aromatic N) is 3. The quantitative estimate of drug-likeness (QED) is 0.380. The molecule has 0 saturated heterocycles. The van der Waals surface area contributed by atoms with Crippen molar-refractivity contribution < 1.29 is 43.9 Å². The second kappa shape index (κ2) is 8.39. The lowest BCUT2D eigenvalue weighted by Gasteiger charge is -2.21. The molecule has 1 aromatic heterocycles. The van der Waals surface area contributed by atoms with Crippen molar-refractivity contribution in [2.45, 2.75) is 18.7 Å². The van der Waals surface area contributed by atoms with Gasteiger partial charge in [-0.05, 0) is 0 Å². The van der Waals surface area contributed by atoms with Gasteiger partial charge >= 0.3 is 35.0 Å². The molecule has 0 aliphatic carbocycles. The number of ether oxygens (including phenoxy) is 3. The number of hydrogen-bond donors (Lipinski definition) is 3. The Hall–Kier alpha value is -3.30. The van der Waals surface area contributed by atoms with Crippen LogP contribution >= 0.6 is 0 Å². The molecule has 0 spiro atoms. The molecule has 0 fully saturated rings. The molecule has 0 amide bonds. The van der Waals surface area contributed by atoms with Crippen LogP contribution in [0.15, 0.2) is 14.4 Å². The van der Waals surface area contributed by atoms with Crippen LogP contribution in [-0.2, 0) is 28.6 Å².